The van der Waals surface area contributed by atoms with Crippen LogP contribution in [0.2, 0.25) is 0 Å². The molecule has 0 fully saturated rings. The van der Waals surface area contributed by atoms with Crippen LogP contribution in [0.15, 0.2) is 80.6 Å². The Morgan fingerprint density at radius 3 is 2.64 bits per heavy atom. The van der Waals surface area contributed by atoms with E-state index in [1.807, 2.05) is 31.2 Å². The number of benzene rings is 2. The van der Waals surface area contributed by atoms with Crippen LogP contribution < -0.4 is 10.2 Å². The maximum Gasteiger partial charge on any atom is 0.193 e. The van der Waals surface area contributed by atoms with E-state index in [4.69, 9.17) is 13.6 Å². The summed E-state index contributed by atoms with van der Waals surface area (Å²) in [6.07, 6.45) is 1.54. The van der Waals surface area contributed by atoms with Crippen LogP contribution in [0.25, 0.3) is 22.5 Å². The lowest BCUT2D eigenvalue weighted by Gasteiger charge is -2.09. The van der Waals surface area contributed by atoms with Crippen molar-refractivity contribution in [3.8, 4) is 17.3 Å². The van der Waals surface area contributed by atoms with Crippen molar-refractivity contribution in [1.82, 2.24) is 0 Å². The predicted molar refractivity (Wildman–Crippen MR) is 95.7 cm³/mol. The highest BCUT2D eigenvalue weighted by Gasteiger charge is 2.10. The summed E-state index contributed by atoms with van der Waals surface area (Å²) in [5.41, 5.74) is 2.66. The van der Waals surface area contributed by atoms with Gasteiger partial charge in [-0.15, -0.1) is 0 Å². The smallest absolute Gasteiger partial charge is 0.193 e. The Labute approximate surface area is 144 Å². The van der Waals surface area contributed by atoms with Gasteiger partial charge in [0, 0.05) is 6.07 Å². The van der Waals surface area contributed by atoms with Gasteiger partial charge in [-0.05, 0) is 48.4 Å². The number of hydrogen-bond acceptors (Lipinski definition) is 4. The van der Waals surface area contributed by atoms with Gasteiger partial charge in [0.2, 0.25) is 0 Å². The van der Waals surface area contributed by atoms with E-state index in [1.54, 1.807) is 36.6 Å². The minimum Gasteiger partial charge on any atom is -0.489 e. The van der Waals surface area contributed by atoms with Gasteiger partial charge >= 0.3 is 0 Å². The fraction of sp³-hybridized carbons (Fsp3) is 0.0952. The fourth-order valence-corrected chi connectivity index (χ4v) is 2.70. The molecule has 0 aliphatic rings. The summed E-state index contributed by atoms with van der Waals surface area (Å²) < 4.78 is 16.9. The van der Waals surface area contributed by atoms with Gasteiger partial charge in [-0.3, -0.25) is 4.79 Å². The van der Waals surface area contributed by atoms with Crippen LogP contribution in [-0.4, -0.2) is 0 Å². The number of aryl methyl sites for hydroxylation is 1. The molecule has 0 spiro atoms. The molecule has 4 heteroatoms. The van der Waals surface area contributed by atoms with Crippen molar-refractivity contribution >= 4 is 11.0 Å². The Morgan fingerprint density at radius 2 is 1.84 bits per heavy atom. The van der Waals surface area contributed by atoms with E-state index in [0.717, 1.165) is 5.56 Å². The topological polar surface area (TPSA) is 52.6 Å². The van der Waals surface area contributed by atoms with Gasteiger partial charge in [0.1, 0.15) is 17.9 Å². The highest BCUT2D eigenvalue weighted by atomic mass is 16.5. The van der Waals surface area contributed by atoms with Crippen LogP contribution in [0, 0.1) is 6.92 Å². The molecule has 25 heavy (non-hydrogen) atoms. The second-order valence-electron chi connectivity index (χ2n) is 5.83. The number of hydrogen-bond donors (Lipinski definition) is 0. The van der Waals surface area contributed by atoms with Crippen molar-refractivity contribution in [2.45, 2.75) is 13.5 Å². The quantitative estimate of drug-likeness (QED) is 0.531. The average molecular weight is 332 g/mol. The van der Waals surface area contributed by atoms with Gasteiger partial charge < -0.3 is 13.6 Å². The summed E-state index contributed by atoms with van der Waals surface area (Å²) in [7, 11) is 0. The van der Waals surface area contributed by atoms with E-state index >= 15 is 0 Å². The molecule has 0 atom stereocenters. The van der Waals surface area contributed by atoms with Crippen LogP contribution in [0.3, 0.4) is 0 Å². The first-order chi connectivity index (χ1) is 12.2. The number of ether oxygens (including phenoxy) is 1. The maximum atomic E-state index is 12.4. The summed E-state index contributed by atoms with van der Waals surface area (Å²) in [6.45, 7) is 2.50. The molecule has 0 N–H and O–H groups in total. The molecule has 0 amide bonds. The highest BCUT2D eigenvalue weighted by Crippen LogP contribution is 2.25. The van der Waals surface area contributed by atoms with Crippen molar-refractivity contribution in [3.05, 3.63) is 88.3 Å². The lowest BCUT2D eigenvalue weighted by molar-refractivity contribution is 0.305. The molecule has 0 saturated carbocycles. The van der Waals surface area contributed by atoms with Gasteiger partial charge in [-0.25, -0.2) is 0 Å². The molecule has 0 radical (unpaired) electrons. The largest absolute Gasteiger partial charge is 0.489 e. The zero-order chi connectivity index (χ0) is 17.2. The van der Waals surface area contributed by atoms with E-state index in [-0.39, 0.29) is 5.43 Å². The van der Waals surface area contributed by atoms with Crippen molar-refractivity contribution in [2.24, 2.45) is 0 Å². The molecule has 0 unspecified atom stereocenters. The molecule has 4 aromatic rings. The lowest BCUT2D eigenvalue weighted by atomic mass is 10.1. The SMILES string of the molecule is Cc1ccccc1COc1ccc2oc(-c3ccco3)cc(=O)c2c1. The third-order valence-corrected chi connectivity index (χ3v) is 4.12. The molecular weight excluding hydrogens is 316 g/mol. The van der Waals surface area contributed by atoms with Gasteiger partial charge in [-0.1, -0.05) is 24.3 Å². The monoisotopic (exact) mass is 332 g/mol. The Bertz CT molecular complexity index is 1070. The third kappa shape index (κ3) is 3.06. The van der Waals surface area contributed by atoms with E-state index in [0.29, 0.717) is 34.8 Å². The molecule has 4 rings (SSSR count). The Hall–Kier alpha value is -3.27. The van der Waals surface area contributed by atoms with E-state index in [9.17, 15) is 4.79 Å². The number of fused-ring (bicyclic) bond motifs is 1. The van der Waals surface area contributed by atoms with Gasteiger partial charge in [-0.2, -0.15) is 0 Å². The minimum atomic E-state index is -0.131. The molecule has 4 nitrogen and oxygen atoms in total. The van der Waals surface area contributed by atoms with Crippen LogP contribution in [-0.2, 0) is 6.61 Å². The Balaban J connectivity index is 1.64. The molecule has 124 valence electrons. The molecular formula is C21H16O4. The van der Waals surface area contributed by atoms with Crippen molar-refractivity contribution in [1.29, 1.82) is 0 Å². The van der Waals surface area contributed by atoms with Crippen molar-refractivity contribution in [3.63, 3.8) is 0 Å². The van der Waals surface area contributed by atoms with Crippen LogP contribution in [0.4, 0.5) is 0 Å². The second-order valence-corrected chi connectivity index (χ2v) is 5.83. The Morgan fingerprint density at radius 1 is 0.960 bits per heavy atom. The van der Waals surface area contributed by atoms with E-state index in [2.05, 4.69) is 0 Å². The van der Waals surface area contributed by atoms with Crippen molar-refractivity contribution < 1.29 is 13.6 Å². The Kier molecular flexibility index (Phi) is 3.86. The molecule has 2 aromatic carbocycles. The first-order valence-corrected chi connectivity index (χ1v) is 8.00. The molecule has 0 bridgehead atoms. The zero-order valence-corrected chi connectivity index (χ0v) is 13.7. The molecule has 0 aliphatic heterocycles. The van der Waals surface area contributed by atoms with Crippen LogP contribution >= 0.6 is 0 Å². The summed E-state index contributed by atoms with van der Waals surface area (Å²) in [5.74, 6) is 1.57. The third-order valence-electron chi connectivity index (χ3n) is 4.12. The fourth-order valence-electron chi connectivity index (χ4n) is 2.70. The first kappa shape index (κ1) is 15.3. The van der Waals surface area contributed by atoms with Crippen molar-refractivity contribution in [2.75, 3.05) is 0 Å². The number of furan rings is 1. The standard InChI is InChI=1S/C21H16O4/c1-14-5-2-3-6-15(14)13-24-16-8-9-19-17(11-16)18(22)12-21(25-19)20-7-4-10-23-20/h2-12H,13H2,1H3. The van der Waals surface area contributed by atoms with Crippen LogP contribution in [0.1, 0.15) is 11.1 Å². The molecule has 0 aliphatic carbocycles. The predicted octanol–water partition coefficient (Wildman–Crippen LogP) is 4.94. The normalized spacial score (nSPS) is 10.9. The van der Waals surface area contributed by atoms with Crippen LogP contribution in [0.5, 0.6) is 5.75 Å². The molecule has 2 aromatic heterocycles. The molecule has 2 heterocycles. The number of rotatable bonds is 4. The van der Waals surface area contributed by atoms with Gasteiger partial charge in [0.25, 0.3) is 0 Å². The maximum absolute atomic E-state index is 12.4. The minimum absolute atomic E-state index is 0.131. The van der Waals surface area contributed by atoms with E-state index in [1.165, 1.54) is 11.6 Å². The van der Waals surface area contributed by atoms with Gasteiger partial charge in [0.15, 0.2) is 16.9 Å². The van der Waals surface area contributed by atoms with Gasteiger partial charge in [0.05, 0.1) is 11.6 Å². The molecule has 0 saturated heterocycles. The lowest BCUT2D eigenvalue weighted by Crippen LogP contribution is -2.02. The second kappa shape index (κ2) is 6.32. The zero-order valence-electron chi connectivity index (χ0n) is 13.7. The summed E-state index contributed by atoms with van der Waals surface area (Å²) >= 11 is 0. The first-order valence-electron chi connectivity index (χ1n) is 8.00. The summed E-state index contributed by atoms with van der Waals surface area (Å²) in [5, 5.41) is 0.484. The van der Waals surface area contributed by atoms with E-state index < -0.39 is 0 Å². The average Bonchev–Trinajstić information content (AvgIpc) is 3.16. The summed E-state index contributed by atoms with van der Waals surface area (Å²) in [6, 6.07) is 18.3. The summed E-state index contributed by atoms with van der Waals surface area (Å²) in [4.78, 5) is 12.4. The highest BCUT2D eigenvalue weighted by molar-refractivity contribution is 5.79.